The van der Waals surface area contributed by atoms with Crippen molar-refractivity contribution in [1.29, 1.82) is 0 Å². The van der Waals surface area contributed by atoms with E-state index in [4.69, 9.17) is 0 Å². The second-order valence-electron chi connectivity index (χ2n) is 2.56. The Balaban J connectivity index is 2.21. The van der Waals surface area contributed by atoms with E-state index >= 15 is 0 Å². The first-order valence-corrected chi connectivity index (χ1v) is 3.53. The first-order valence-electron chi connectivity index (χ1n) is 3.53. The molecule has 0 aromatic rings. The summed E-state index contributed by atoms with van der Waals surface area (Å²) in [5.74, 6) is 0.516. The third-order valence-electron chi connectivity index (χ3n) is 1.86. The summed E-state index contributed by atoms with van der Waals surface area (Å²) < 4.78 is 0. The van der Waals surface area contributed by atoms with Crippen LogP contribution in [-0.2, 0) is 0 Å². The maximum absolute atomic E-state index is 4.10. The van der Waals surface area contributed by atoms with Gasteiger partial charge in [0.1, 0.15) is 0 Å². The van der Waals surface area contributed by atoms with Crippen molar-refractivity contribution in [2.45, 2.75) is 12.5 Å². The lowest BCUT2D eigenvalue weighted by Crippen LogP contribution is -2.23. The number of rotatable bonds is 0. The van der Waals surface area contributed by atoms with Gasteiger partial charge in [-0.2, -0.15) is 10.2 Å². The molecule has 2 aliphatic rings. The van der Waals surface area contributed by atoms with Crippen LogP contribution in [0, 0.1) is 5.92 Å². The molecule has 2 unspecified atom stereocenters. The Morgan fingerprint density at radius 1 is 1.40 bits per heavy atom. The molecule has 3 nitrogen and oxygen atoms in total. The Kier molecular flexibility index (Phi) is 1.34. The average molecular weight is 135 g/mol. The molecule has 2 rings (SSSR count). The molecule has 2 heterocycles. The standard InChI is InChI=1S/C7H9N3/c1-4-9-10-7-2-3-8-5-6(1)7/h2-3,5-7H,1,4H2. The summed E-state index contributed by atoms with van der Waals surface area (Å²) in [6.45, 7) is 0.862. The topological polar surface area (TPSA) is 37.1 Å². The van der Waals surface area contributed by atoms with Gasteiger partial charge >= 0.3 is 0 Å². The average Bonchev–Trinajstić information content (AvgIpc) is 2.05. The molecule has 0 fully saturated rings. The zero-order valence-corrected chi connectivity index (χ0v) is 5.64. The van der Waals surface area contributed by atoms with Gasteiger partial charge in [-0.3, -0.25) is 4.99 Å². The molecule has 0 bridgehead atoms. The summed E-state index contributed by atoms with van der Waals surface area (Å²) in [7, 11) is 0. The van der Waals surface area contributed by atoms with Crippen molar-refractivity contribution in [3.05, 3.63) is 12.3 Å². The minimum absolute atomic E-state index is 0.284. The number of azo groups is 1. The zero-order chi connectivity index (χ0) is 6.81. The monoisotopic (exact) mass is 135 g/mol. The summed E-state index contributed by atoms with van der Waals surface area (Å²) in [5, 5.41) is 8.07. The van der Waals surface area contributed by atoms with E-state index in [1.165, 1.54) is 0 Å². The van der Waals surface area contributed by atoms with Gasteiger partial charge in [0.2, 0.25) is 0 Å². The van der Waals surface area contributed by atoms with Gasteiger partial charge in [0.25, 0.3) is 0 Å². The van der Waals surface area contributed by atoms with E-state index in [0.717, 1.165) is 13.0 Å². The summed E-state index contributed by atoms with van der Waals surface area (Å²) in [6, 6.07) is 0.284. The van der Waals surface area contributed by atoms with Crippen LogP contribution in [-0.4, -0.2) is 18.8 Å². The third-order valence-corrected chi connectivity index (χ3v) is 1.86. The molecule has 2 aliphatic heterocycles. The Hall–Kier alpha value is -0.990. The van der Waals surface area contributed by atoms with Gasteiger partial charge in [0.15, 0.2) is 0 Å². The van der Waals surface area contributed by atoms with Crippen LogP contribution in [0.5, 0.6) is 0 Å². The largest absolute Gasteiger partial charge is 0.269 e. The molecule has 0 aliphatic carbocycles. The second kappa shape index (κ2) is 2.33. The molecular weight excluding hydrogens is 126 g/mol. The van der Waals surface area contributed by atoms with Gasteiger partial charge in [-0.1, -0.05) is 0 Å². The predicted octanol–water partition coefficient (Wildman–Crippen LogP) is 1.43. The first-order chi connectivity index (χ1) is 4.97. The SMILES string of the molecule is C1=CC2N=NCCC2C=N1. The molecule has 0 aromatic carbocycles. The van der Waals surface area contributed by atoms with Gasteiger partial charge in [0.05, 0.1) is 12.6 Å². The van der Waals surface area contributed by atoms with Crippen molar-refractivity contribution in [3.63, 3.8) is 0 Å². The molecule has 0 aromatic heterocycles. The molecule has 3 heteroatoms. The van der Waals surface area contributed by atoms with E-state index < -0.39 is 0 Å². The highest BCUT2D eigenvalue weighted by molar-refractivity contribution is 5.64. The minimum atomic E-state index is 0.284. The zero-order valence-electron chi connectivity index (χ0n) is 5.64. The van der Waals surface area contributed by atoms with E-state index in [-0.39, 0.29) is 6.04 Å². The van der Waals surface area contributed by atoms with E-state index in [1.54, 1.807) is 6.20 Å². The van der Waals surface area contributed by atoms with Crippen molar-refractivity contribution in [1.82, 2.24) is 0 Å². The molecule has 0 saturated carbocycles. The number of aliphatic imine (C=N–C) groups is 1. The highest BCUT2D eigenvalue weighted by atomic mass is 15.1. The maximum Gasteiger partial charge on any atom is 0.0984 e. The van der Waals surface area contributed by atoms with Crippen LogP contribution in [0.1, 0.15) is 6.42 Å². The van der Waals surface area contributed by atoms with E-state index in [9.17, 15) is 0 Å². The van der Waals surface area contributed by atoms with Crippen LogP contribution in [0.15, 0.2) is 27.5 Å². The quantitative estimate of drug-likeness (QED) is 0.482. The third kappa shape index (κ3) is 0.875. The van der Waals surface area contributed by atoms with E-state index in [0.29, 0.717) is 5.92 Å². The van der Waals surface area contributed by atoms with Crippen LogP contribution < -0.4 is 0 Å². The molecular formula is C7H9N3. The van der Waals surface area contributed by atoms with Gasteiger partial charge < -0.3 is 0 Å². The molecule has 52 valence electrons. The highest BCUT2D eigenvalue weighted by Gasteiger charge is 2.21. The maximum atomic E-state index is 4.10. The predicted molar refractivity (Wildman–Crippen MR) is 39.3 cm³/mol. The van der Waals surface area contributed by atoms with Gasteiger partial charge in [-0.05, 0) is 12.5 Å². The van der Waals surface area contributed by atoms with Crippen LogP contribution in [0.4, 0.5) is 0 Å². The van der Waals surface area contributed by atoms with Crippen molar-refractivity contribution >= 4 is 6.21 Å². The normalized spacial score (nSPS) is 36.0. The lowest BCUT2D eigenvalue weighted by Gasteiger charge is -2.20. The fraction of sp³-hybridized carbons (Fsp3) is 0.571. The summed E-state index contributed by atoms with van der Waals surface area (Å²) in [6.07, 6.45) is 6.88. The number of fused-ring (bicyclic) bond motifs is 1. The summed E-state index contributed by atoms with van der Waals surface area (Å²) >= 11 is 0. The Bertz CT molecular complexity index is 205. The number of hydrogen-bond acceptors (Lipinski definition) is 3. The Morgan fingerprint density at radius 2 is 2.40 bits per heavy atom. The fourth-order valence-electron chi connectivity index (χ4n) is 1.26. The summed E-state index contributed by atoms with van der Waals surface area (Å²) in [5.41, 5.74) is 0. The van der Waals surface area contributed by atoms with Gasteiger partial charge in [-0.25, -0.2) is 0 Å². The minimum Gasteiger partial charge on any atom is -0.269 e. The van der Waals surface area contributed by atoms with Crippen LogP contribution >= 0.6 is 0 Å². The van der Waals surface area contributed by atoms with Gasteiger partial charge in [-0.15, -0.1) is 0 Å². The molecule has 0 saturated heterocycles. The molecule has 0 spiro atoms. The lowest BCUT2D eigenvalue weighted by molar-refractivity contribution is 0.499. The van der Waals surface area contributed by atoms with Crippen LogP contribution in [0.3, 0.4) is 0 Å². The van der Waals surface area contributed by atoms with Gasteiger partial charge in [0, 0.05) is 18.3 Å². The van der Waals surface area contributed by atoms with Crippen molar-refractivity contribution < 1.29 is 0 Å². The van der Waals surface area contributed by atoms with Crippen molar-refractivity contribution in [2.24, 2.45) is 21.1 Å². The Morgan fingerprint density at radius 3 is 3.30 bits per heavy atom. The molecule has 0 amide bonds. The van der Waals surface area contributed by atoms with E-state index in [2.05, 4.69) is 15.2 Å². The van der Waals surface area contributed by atoms with Crippen molar-refractivity contribution in [3.8, 4) is 0 Å². The molecule has 0 radical (unpaired) electrons. The molecule has 2 atom stereocenters. The van der Waals surface area contributed by atoms with Crippen LogP contribution in [0.2, 0.25) is 0 Å². The smallest absolute Gasteiger partial charge is 0.0984 e. The lowest BCUT2D eigenvalue weighted by atomic mass is 9.96. The Labute approximate surface area is 59.6 Å². The van der Waals surface area contributed by atoms with Crippen molar-refractivity contribution in [2.75, 3.05) is 6.54 Å². The second-order valence-corrected chi connectivity index (χ2v) is 2.56. The first kappa shape index (κ1) is 5.77. The van der Waals surface area contributed by atoms with E-state index in [1.807, 2.05) is 12.3 Å². The summed E-state index contributed by atoms with van der Waals surface area (Å²) in [4.78, 5) is 4.05. The number of hydrogen-bond donors (Lipinski definition) is 0. The fourth-order valence-corrected chi connectivity index (χ4v) is 1.26. The van der Waals surface area contributed by atoms with Crippen LogP contribution in [0.25, 0.3) is 0 Å². The molecule has 10 heavy (non-hydrogen) atoms. The highest BCUT2D eigenvalue weighted by Crippen LogP contribution is 2.19. The molecule has 0 N–H and O–H groups in total. The number of nitrogens with zero attached hydrogens (tertiary/aromatic N) is 3.